The van der Waals surface area contributed by atoms with E-state index in [1.165, 1.54) is 0 Å². The number of hydrogen-bond acceptors (Lipinski definition) is 6. The Labute approximate surface area is 241 Å². The van der Waals surface area contributed by atoms with Gasteiger partial charge in [-0.05, 0) is 85.5 Å². The van der Waals surface area contributed by atoms with Crippen LogP contribution in [0.2, 0.25) is 0 Å². The van der Waals surface area contributed by atoms with Crippen molar-refractivity contribution in [3.63, 3.8) is 0 Å². The number of phenols is 1. The summed E-state index contributed by atoms with van der Waals surface area (Å²) in [5, 5.41) is 22.1. The van der Waals surface area contributed by atoms with Gasteiger partial charge in [0.15, 0.2) is 5.82 Å². The second kappa shape index (κ2) is 13.5. The molecule has 1 unspecified atom stereocenters. The molecule has 11 heteroatoms. The van der Waals surface area contributed by atoms with Gasteiger partial charge in [-0.25, -0.2) is 0 Å². The van der Waals surface area contributed by atoms with Crippen LogP contribution >= 0.6 is 0 Å². The number of carbonyl (C=O) groups excluding carboxylic acids is 2. The second-order valence-corrected chi connectivity index (χ2v) is 10.5. The Hall–Kier alpha value is -4.38. The predicted molar refractivity (Wildman–Crippen MR) is 155 cm³/mol. The lowest BCUT2D eigenvalue weighted by molar-refractivity contribution is -0.156. The van der Waals surface area contributed by atoms with Crippen LogP contribution in [0.3, 0.4) is 0 Å². The van der Waals surface area contributed by atoms with Crippen molar-refractivity contribution in [2.45, 2.75) is 44.3 Å². The number of nitrogens with one attached hydrogen (secondary N) is 2. The summed E-state index contributed by atoms with van der Waals surface area (Å²) >= 11 is 0. The fraction of sp³-hybridized carbons (Fsp3) is 0.323. The van der Waals surface area contributed by atoms with Crippen molar-refractivity contribution in [3.8, 4) is 16.9 Å². The number of carbonyl (C=O) groups is 2. The number of halogens is 3. The lowest BCUT2D eigenvalue weighted by atomic mass is 9.81. The van der Waals surface area contributed by atoms with Crippen LogP contribution in [-0.4, -0.2) is 40.2 Å². The normalized spacial score (nSPS) is 17.6. The Morgan fingerprint density at radius 1 is 1.05 bits per heavy atom. The topological polar surface area (TPSA) is 147 Å². The Morgan fingerprint density at radius 3 is 2.33 bits per heavy atom. The van der Waals surface area contributed by atoms with E-state index in [4.69, 9.17) is 16.3 Å². The third-order valence-corrected chi connectivity index (χ3v) is 7.61. The van der Waals surface area contributed by atoms with Gasteiger partial charge < -0.3 is 21.9 Å². The molecule has 0 spiro atoms. The van der Waals surface area contributed by atoms with Crippen LogP contribution in [0.5, 0.6) is 5.75 Å². The number of anilines is 1. The molecule has 1 saturated carbocycles. The van der Waals surface area contributed by atoms with E-state index in [1.54, 1.807) is 6.07 Å². The minimum Gasteiger partial charge on any atom is -0.508 e. The molecule has 5 rings (SSSR count). The zero-order valence-corrected chi connectivity index (χ0v) is 22.9. The van der Waals surface area contributed by atoms with E-state index in [-0.39, 0.29) is 23.6 Å². The molecule has 1 aromatic heterocycles. The second-order valence-electron chi connectivity index (χ2n) is 10.5. The number of nitrogen functional groups attached to an aromatic ring is 1. The molecule has 1 aliphatic carbocycles. The quantitative estimate of drug-likeness (QED) is 0.184. The average Bonchev–Trinajstić information content (AvgIpc) is 3.37. The summed E-state index contributed by atoms with van der Waals surface area (Å²) in [4.78, 5) is 22.0. The molecule has 7 N–H and O–H groups in total. The molecule has 1 amide bonds. The molecule has 3 aromatic carbocycles. The Balaban J connectivity index is 0.000000612. The Bertz CT molecular complexity index is 1500. The first kappa shape index (κ1) is 30.6. The first-order chi connectivity index (χ1) is 20.1. The number of H-pyrrole nitrogens is 1. The lowest BCUT2D eigenvalue weighted by Gasteiger charge is -2.29. The molecule has 0 aliphatic heterocycles. The van der Waals surface area contributed by atoms with Crippen molar-refractivity contribution < 1.29 is 27.9 Å². The maximum absolute atomic E-state index is 13.3. The third kappa shape index (κ3) is 7.88. The number of aromatic hydroxyl groups is 1. The van der Waals surface area contributed by atoms with Gasteiger partial charge >= 0.3 is 6.18 Å². The fourth-order valence-electron chi connectivity index (χ4n) is 5.27. The van der Waals surface area contributed by atoms with E-state index in [0.717, 1.165) is 53.3 Å². The van der Waals surface area contributed by atoms with Crippen molar-refractivity contribution in [2.24, 2.45) is 17.6 Å². The number of nitrogens with two attached hydrogens (primary N) is 2. The number of nitrogens with zero attached hydrogens (tertiary/aromatic N) is 1. The van der Waals surface area contributed by atoms with Gasteiger partial charge in [0.2, 0.25) is 12.2 Å². The van der Waals surface area contributed by atoms with Gasteiger partial charge in [0, 0.05) is 16.9 Å². The predicted octanol–water partition coefficient (Wildman–Crippen LogP) is 5.43. The van der Waals surface area contributed by atoms with Gasteiger partial charge in [-0.15, -0.1) is 0 Å². The number of rotatable bonds is 7. The Morgan fingerprint density at radius 2 is 1.69 bits per heavy atom. The molecule has 1 aliphatic rings. The minimum atomic E-state index is -4.64. The lowest BCUT2D eigenvalue weighted by Crippen LogP contribution is -2.37. The number of aromatic amines is 1. The molecular formula is C31H34F3N5O3. The highest BCUT2D eigenvalue weighted by molar-refractivity contribution is 5.91. The zero-order chi connectivity index (χ0) is 30.3. The number of amides is 1. The van der Waals surface area contributed by atoms with E-state index in [2.05, 4.69) is 15.5 Å². The van der Waals surface area contributed by atoms with Crippen LogP contribution in [-0.2, 0) is 16.0 Å². The zero-order valence-electron chi connectivity index (χ0n) is 22.9. The highest BCUT2D eigenvalue weighted by Crippen LogP contribution is 2.35. The van der Waals surface area contributed by atoms with Crippen LogP contribution in [0.15, 0.2) is 66.7 Å². The smallest absolute Gasteiger partial charge is 0.446 e. The average molecular weight is 582 g/mol. The molecule has 1 atom stereocenters. The molecule has 42 heavy (non-hydrogen) atoms. The number of aromatic nitrogens is 2. The van der Waals surface area contributed by atoms with Crippen LogP contribution < -0.4 is 16.8 Å². The van der Waals surface area contributed by atoms with Gasteiger partial charge in [0.1, 0.15) is 5.75 Å². The van der Waals surface area contributed by atoms with Crippen molar-refractivity contribution in [1.29, 1.82) is 0 Å². The highest BCUT2D eigenvalue weighted by atomic mass is 19.4. The Kier molecular flexibility index (Phi) is 9.84. The van der Waals surface area contributed by atoms with Crippen LogP contribution in [0.25, 0.3) is 22.0 Å². The summed E-state index contributed by atoms with van der Waals surface area (Å²) in [7, 11) is 0. The number of phenolic OH excluding ortho intramolecular Hbond substituents is 1. The molecule has 1 heterocycles. The first-order valence-electron chi connectivity index (χ1n) is 13.7. The fourth-order valence-corrected chi connectivity index (χ4v) is 5.27. The van der Waals surface area contributed by atoms with Crippen molar-refractivity contribution >= 4 is 28.9 Å². The van der Waals surface area contributed by atoms with Gasteiger partial charge in [0.25, 0.3) is 0 Å². The summed E-state index contributed by atoms with van der Waals surface area (Å²) in [5.41, 5.74) is 16.3. The van der Waals surface area contributed by atoms with E-state index < -0.39 is 12.5 Å². The van der Waals surface area contributed by atoms with Gasteiger partial charge in [-0.3, -0.25) is 14.7 Å². The van der Waals surface area contributed by atoms with E-state index in [0.29, 0.717) is 30.3 Å². The summed E-state index contributed by atoms with van der Waals surface area (Å²) in [6.07, 6.45) is -1.44. The number of aldehydes is 1. The SMILES string of the molecule is NCC1CCC(C(=O)NC(Cc2ccccc2)c2cc(-c3ccc4c(N)n[nH]c4c3)ccc2O)CC1.O=CC(F)(F)F. The molecular weight excluding hydrogens is 547 g/mol. The first-order valence-corrected chi connectivity index (χ1v) is 13.7. The molecule has 1 fully saturated rings. The van der Waals surface area contributed by atoms with Crippen LogP contribution in [0.4, 0.5) is 19.0 Å². The molecule has 4 aromatic rings. The molecule has 8 nitrogen and oxygen atoms in total. The molecule has 0 radical (unpaired) electrons. The number of benzene rings is 3. The van der Waals surface area contributed by atoms with Crippen molar-refractivity contribution in [3.05, 3.63) is 77.9 Å². The van der Waals surface area contributed by atoms with E-state index in [1.807, 2.05) is 60.7 Å². The summed E-state index contributed by atoms with van der Waals surface area (Å²) in [5.74, 6) is 1.17. The van der Waals surface area contributed by atoms with Gasteiger partial charge in [-0.1, -0.05) is 42.5 Å². The molecule has 0 bridgehead atoms. The van der Waals surface area contributed by atoms with E-state index >= 15 is 0 Å². The van der Waals surface area contributed by atoms with Crippen molar-refractivity contribution in [1.82, 2.24) is 15.5 Å². The summed E-state index contributed by atoms with van der Waals surface area (Å²) in [6, 6.07) is 21.2. The van der Waals surface area contributed by atoms with Crippen LogP contribution in [0, 0.1) is 11.8 Å². The monoisotopic (exact) mass is 581 g/mol. The maximum Gasteiger partial charge on any atom is 0.446 e. The van der Waals surface area contributed by atoms with Crippen molar-refractivity contribution in [2.75, 3.05) is 12.3 Å². The number of alkyl halides is 3. The minimum absolute atomic E-state index is 0.0235. The van der Waals surface area contributed by atoms with Gasteiger partial charge in [-0.2, -0.15) is 18.3 Å². The largest absolute Gasteiger partial charge is 0.508 e. The molecule has 222 valence electrons. The van der Waals surface area contributed by atoms with Gasteiger partial charge in [0.05, 0.1) is 11.6 Å². The summed E-state index contributed by atoms with van der Waals surface area (Å²) < 4.78 is 31.2. The standard InChI is InChI=1S/C29H33N5O2.C2HF3O/c30-17-19-6-8-20(9-7-19)29(36)32-25(14-18-4-2-1-3-5-18)24-15-21(11-13-27(24)35)22-10-12-23-26(16-22)33-34-28(23)31;3-2(4,5)1-6/h1-5,10-13,15-16,19-20,25,35H,6-9,14,17,30H2,(H,32,36)(H3,31,33,34);1H. The van der Waals surface area contributed by atoms with E-state index in [9.17, 15) is 23.1 Å². The highest BCUT2D eigenvalue weighted by Gasteiger charge is 2.28. The van der Waals surface area contributed by atoms with Crippen LogP contribution in [0.1, 0.15) is 42.9 Å². The summed E-state index contributed by atoms with van der Waals surface area (Å²) in [6.45, 7) is 0.683. The third-order valence-electron chi connectivity index (χ3n) is 7.61. The maximum atomic E-state index is 13.3. The molecule has 0 saturated heterocycles. The number of hydrogen-bond donors (Lipinski definition) is 5. The number of fused-ring (bicyclic) bond motifs is 1.